The van der Waals surface area contributed by atoms with Gasteiger partial charge in [0.1, 0.15) is 0 Å². The summed E-state index contributed by atoms with van der Waals surface area (Å²) in [6.07, 6.45) is 1.43. The van der Waals surface area contributed by atoms with Crippen LogP contribution in [0.2, 0.25) is 0 Å². The number of hydrogen-bond acceptors (Lipinski definition) is 5. The SMILES string of the molecule is CC(C)(CNC(=O)c1ccc([N+](=O)[O-])c2cccnc12)C(=O)O. The first kappa shape index (κ1) is 16.3. The third-order valence-corrected chi connectivity index (χ3v) is 3.46. The van der Waals surface area contributed by atoms with E-state index in [1.807, 2.05) is 0 Å². The molecule has 1 heterocycles. The molecule has 0 aliphatic rings. The fraction of sp³-hybridized carbons (Fsp3) is 0.267. The maximum absolute atomic E-state index is 12.3. The predicted octanol–water partition coefficient (Wildman–Crippen LogP) is 1.98. The van der Waals surface area contributed by atoms with E-state index in [4.69, 9.17) is 5.11 Å². The van der Waals surface area contributed by atoms with E-state index >= 15 is 0 Å². The Hall–Kier alpha value is -3.03. The number of aliphatic carboxylic acids is 1. The normalized spacial score (nSPS) is 11.2. The molecule has 2 rings (SSSR count). The number of rotatable bonds is 5. The quantitative estimate of drug-likeness (QED) is 0.642. The first-order chi connectivity index (χ1) is 10.7. The van der Waals surface area contributed by atoms with Crippen molar-refractivity contribution in [3.63, 3.8) is 0 Å². The standard InChI is InChI=1S/C15H15N3O5/c1-15(2,14(20)21)8-17-13(19)10-5-6-11(18(22)23)9-4-3-7-16-12(9)10/h3-7H,8H2,1-2H3,(H,17,19)(H,20,21). The lowest BCUT2D eigenvalue weighted by Crippen LogP contribution is -2.39. The number of hydrogen-bond donors (Lipinski definition) is 2. The molecule has 8 nitrogen and oxygen atoms in total. The van der Waals surface area contributed by atoms with E-state index in [-0.39, 0.29) is 28.7 Å². The molecule has 8 heteroatoms. The molecule has 0 fully saturated rings. The van der Waals surface area contributed by atoms with Gasteiger partial charge in [0.25, 0.3) is 11.6 Å². The largest absolute Gasteiger partial charge is 0.481 e. The van der Waals surface area contributed by atoms with Crippen molar-refractivity contribution in [3.05, 3.63) is 46.1 Å². The predicted molar refractivity (Wildman–Crippen MR) is 82.1 cm³/mol. The second-order valence-electron chi connectivity index (χ2n) is 5.66. The molecule has 2 N–H and O–H groups in total. The Morgan fingerprint density at radius 3 is 2.65 bits per heavy atom. The number of amides is 1. The van der Waals surface area contributed by atoms with Crippen LogP contribution >= 0.6 is 0 Å². The molecule has 0 spiro atoms. The van der Waals surface area contributed by atoms with Gasteiger partial charge in [0.05, 0.1) is 26.8 Å². The Morgan fingerprint density at radius 1 is 1.35 bits per heavy atom. The summed E-state index contributed by atoms with van der Waals surface area (Å²) in [5.41, 5.74) is -0.908. The molecule has 1 amide bonds. The minimum absolute atomic E-state index is 0.0769. The number of nitro benzene ring substituents is 1. The second-order valence-corrected chi connectivity index (χ2v) is 5.66. The minimum Gasteiger partial charge on any atom is -0.481 e. The van der Waals surface area contributed by atoms with Gasteiger partial charge < -0.3 is 10.4 Å². The topological polar surface area (TPSA) is 122 Å². The Bertz CT molecular complexity index is 801. The number of fused-ring (bicyclic) bond motifs is 1. The fourth-order valence-corrected chi connectivity index (χ4v) is 1.97. The van der Waals surface area contributed by atoms with Crippen molar-refractivity contribution in [3.8, 4) is 0 Å². The molecule has 1 aromatic heterocycles. The lowest BCUT2D eigenvalue weighted by atomic mass is 9.94. The van der Waals surface area contributed by atoms with Crippen LogP contribution in [0.15, 0.2) is 30.5 Å². The van der Waals surface area contributed by atoms with E-state index in [9.17, 15) is 19.7 Å². The average Bonchev–Trinajstić information content (AvgIpc) is 2.51. The molecule has 0 saturated carbocycles. The maximum atomic E-state index is 12.3. The Balaban J connectivity index is 2.37. The number of carboxylic acids is 1. The summed E-state index contributed by atoms with van der Waals surface area (Å²) < 4.78 is 0. The smallest absolute Gasteiger partial charge is 0.310 e. The summed E-state index contributed by atoms with van der Waals surface area (Å²) >= 11 is 0. The molecule has 0 bridgehead atoms. The number of carbonyl (C=O) groups is 2. The zero-order valence-corrected chi connectivity index (χ0v) is 12.6. The number of non-ortho nitro benzene ring substituents is 1. The van der Waals surface area contributed by atoms with E-state index in [1.165, 1.54) is 38.2 Å². The van der Waals surface area contributed by atoms with Gasteiger partial charge in [0.15, 0.2) is 0 Å². The van der Waals surface area contributed by atoms with Crippen LogP contribution < -0.4 is 5.32 Å². The van der Waals surface area contributed by atoms with Crippen molar-refractivity contribution >= 4 is 28.5 Å². The zero-order valence-electron chi connectivity index (χ0n) is 12.6. The molecule has 120 valence electrons. The summed E-state index contributed by atoms with van der Waals surface area (Å²) in [6.45, 7) is 2.90. The number of pyridine rings is 1. The van der Waals surface area contributed by atoms with Crippen LogP contribution in [0.4, 0.5) is 5.69 Å². The number of nitro groups is 1. The van der Waals surface area contributed by atoms with Crippen LogP contribution in [0, 0.1) is 15.5 Å². The van der Waals surface area contributed by atoms with E-state index in [0.717, 1.165) is 0 Å². The second kappa shape index (κ2) is 5.99. The molecule has 23 heavy (non-hydrogen) atoms. The number of benzene rings is 1. The summed E-state index contributed by atoms with van der Waals surface area (Å²) in [5.74, 6) is -1.57. The van der Waals surface area contributed by atoms with Crippen LogP contribution in [-0.2, 0) is 4.79 Å². The highest BCUT2D eigenvalue weighted by Gasteiger charge is 2.28. The highest BCUT2D eigenvalue weighted by molar-refractivity contribution is 6.07. The number of nitrogens with zero attached hydrogens (tertiary/aromatic N) is 2. The van der Waals surface area contributed by atoms with Crippen LogP contribution in [0.25, 0.3) is 10.9 Å². The highest BCUT2D eigenvalue weighted by Crippen LogP contribution is 2.26. The minimum atomic E-state index is -1.13. The summed E-state index contributed by atoms with van der Waals surface area (Å²) in [6, 6.07) is 5.61. The fourth-order valence-electron chi connectivity index (χ4n) is 1.97. The Labute approximate surface area is 131 Å². The van der Waals surface area contributed by atoms with Crippen molar-refractivity contribution in [2.45, 2.75) is 13.8 Å². The van der Waals surface area contributed by atoms with Crippen molar-refractivity contribution in [2.75, 3.05) is 6.54 Å². The van der Waals surface area contributed by atoms with Crippen LogP contribution in [0.3, 0.4) is 0 Å². The third-order valence-electron chi connectivity index (χ3n) is 3.46. The zero-order chi connectivity index (χ0) is 17.2. The van der Waals surface area contributed by atoms with Gasteiger partial charge in [0.2, 0.25) is 0 Å². The van der Waals surface area contributed by atoms with Gasteiger partial charge >= 0.3 is 5.97 Å². The third kappa shape index (κ3) is 3.25. The molecule has 0 aliphatic heterocycles. The lowest BCUT2D eigenvalue weighted by Gasteiger charge is -2.19. The maximum Gasteiger partial charge on any atom is 0.310 e. The first-order valence-electron chi connectivity index (χ1n) is 6.78. The molecule has 0 saturated heterocycles. The molecule has 1 aromatic carbocycles. The first-order valence-corrected chi connectivity index (χ1v) is 6.78. The van der Waals surface area contributed by atoms with Crippen LogP contribution in [0.5, 0.6) is 0 Å². The molecule has 0 unspecified atom stereocenters. The van der Waals surface area contributed by atoms with E-state index < -0.39 is 22.2 Å². The van der Waals surface area contributed by atoms with Crippen molar-refractivity contribution in [1.29, 1.82) is 0 Å². The van der Waals surface area contributed by atoms with Gasteiger partial charge in [-0.2, -0.15) is 0 Å². The molecular formula is C15H15N3O5. The lowest BCUT2D eigenvalue weighted by molar-refractivity contribution is -0.383. The van der Waals surface area contributed by atoms with Crippen molar-refractivity contribution < 1.29 is 19.6 Å². The molecule has 0 aliphatic carbocycles. The summed E-state index contributed by atoms with van der Waals surface area (Å²) in [7, 11) is 0. The van der Waals surface area contributed by atoms with Gasteiger partial charge in [-0.05, 0) is 32.0 Å². The summed E-state index contributed by atoms with van der Waals surface area (Å²) in [5, 5.41) is 22.9. The Kier molecular flexibility index (Phi) is 4.26. The van der Waals surface area contributed by atoms with Crippen molar-refractivity contribution in [1.82, 2.24) is 10.3 Å². The number of nitrogens with one attached hydrogen (secondary N) is 1. The van der Waals surface area contributed by atoms with Gasteiger partial charge in [0, 0.05) is 18.8 Å². The van der Waals surface area contributed by atoms with E-state index in [1.54, 1.807) is 6.07 Å². The highest BCUT2D eigenvalue weighted by atomic mass is 16.6. The number of carbonyl (C=O) groups excluding carboxylic acids is 1. The van der Waals surface area contributed by atoms with Crippen LogP contribution in [0.1, 0.15) is 24.2 Å². The van der Waals surface area contributed by atoms with Gasteiger partial charge in [-0.1, -0.05) is 0 Å². The number of aromatic nitrogens is 1. The number of carboxylic acid groups (broad SMARTS) is 1. The van der Waals surface area contributed by atoms with Gasteiger partial charge in [-0.25, -0.2) is 0 Å². The van der Waals surface area contributed by atoms with Crippen LogP contribution in [-0.4, -0.2) is 33.4 Å². The monoisotopic (exact) mass is 317 g/mol. The Morgan fingerprint density at radius 2 is 2.04 bits per heavy atom. The molecule has 2 aromatic rings. The average molecular weight is 317 g/mol. The van der Waals surface area contributed by atoms with Gasteiger partial charge in [-0.15, -0.1) is 0 Å². The molecular weight excluding hydrogens is 302 g/mol. The van der Waals surface area contributed by atoms with E-state index in [2.05, 4.69) is 10.3 Å². The van der Waals surface area contributed by atoms with Crippen molar-refractivity contribution in [2.24, 2.45) is 5.41 Å². The van der Waals surface area contributed by atoms with Gasteiger partial charge in [-0.3, -0.25) is 24.7 Å². The molecule has 0 atom stereocenters. The molecule has 0 radical (unpaired) electrons. The summed E-state index contributed by atoms with van der Waals surface area (Å²) in [4.78, 5) is 37.9. The van der Waals surface area contributed by atoms with E-state index in [0.29, 0.717) is 0 Å².